The highest BCUT2D eigenvalue weighted by Gasteiger charge is 2.50. The van der Waals surface area contributed by atoms with Gasteiger partial charge in [-0.15, -0.1) is 12.4 Å². The second-order valence-electron chi connectivity index (χ2n) is 7.83. The zero-order valence-electron chi connectivity index (χ0n) is 17.8. The van der Waals surface area contributed by atoms with Crippen LogP contribution in [0.15, 0.2) is 66.7 Å². The summed E-state index contributed by atoms with van der Waals surface area (Å²) in [5.41, 5.74) is 2.22. The third-order valence-corrected chi connectivity index (χ3v) is 5.80. The molecule has 33 heavy (non-hydrogen) atoms. The fourth-order valence-electron chi connectivity index (χ4n) is 4.18. The van der Waals surface area contributed by atoms with Gasteiger partial charge in [0.05, 0.1) is 11.0 Å². The number of carbonyl (C=O) groups is 2. The van der Waals surface area contributed by atoms with Crippen LogP contribution >= 0.6 is 12.4 Å². The molecule has 5 rings (SSSR count). The van der Waals surface area contributed by atoms with Crippen molar-refractivity contribution in [2.75, 3.05) is 16.8 Å². The van der Waals surface area contributed by atoms with Crippen LogP contribution in [0.3, 0.4) is 0 Å². The second-order valence-corrected chi connectivity index (χ2v) is 7.83. The van der Waals surface area contributed by atoms with Crippen molar-refractivity contribution in [3.8, 4) is 0 Å². The number of carbonyl (C=O) groups excluding carboxylic acids is 1. The van der Waals surface area contributed by atoms with Gasteiger partial charge in [-0.2, -0.15) is 0 Å². The molecular weight excluding hydrogens is 444 g/mol. The number of hydrogen-bond donors (Lipinski definition) is 3. The highest BCUT2D eigenvalue weighted by Crippen LogP contribution is 2.45. The van der Waals surface area contributed by atoms with Crippen LogP contribution in [0.25, 0.3) is 11.0 Å². The Labute approximate surface area is 195 Å². The van der Waals surface area contributed by atoms with Crippen molar-refractivity contribution in [2.45, 2.75) is 12.6 Å². The smallest absolute Gasteiger partial charge is 0.413 e. The van der Waals surface area contributed by atoms with Crippen molar-refractivity contribution in [3.63, 3.8) is 0 Å². The molecule has 2 heterocycles. The van der Waals surface area contributed by atoms with Crippen LogP contribution in [0.2, 0.25) is 0 Å². The first-order valence-electron chi connectivity index (χ1n) is 10.0. The Kier molecular flexibility index (Phi) is 5.35. The Hall–Kier alpha value is -3.88. The average molecular weight is 465 g/mol. The van der Waals surface area contributed by atoms with Gasteiger partial charge in [0, 0.05) is 29.4 Å². The van der Waals surface area contributed by atoms with E-state index in [0.717, 1.165) is 10.5 Å². The first kappa shape index (κ1) is 22.3. The third kappa shape index (κ3) is 3.31. The van der Waals surface area contributed by atoms with Crippen molar-refractivity contribution in [2.24, 2.45) is 0 Å². The number of nitrogens with one attached hydrogen (secondary N) is 1. The summed E-state index contributed by atoms with van der Waals surface area (Å²) in [4.78, 5) is 34.3. The molecule has 2 amide bonds. The van der Waals surface area contributed by atoms with Crippen molar-refractivity contribution < 1.29 is 19.8 Å². The first-order valence-corrected chi connectivity index (χ1v) is 10.0. The Balaban J connectivity index is 0.00000259. The molecule has 1 aliphatic rings. The summed E-state index contributed by atoms with van der Waals surface area (Å²) < 4.78 is 0. The normalized spacial score (nSPS) is 17.1. The van der Waals surface area contributed by atoms with Gasteiger partial charge < -0.3 is 15.2 Å². The van der Waals surface area contributed by atoms with Gasteiger partial charge in [-0.05, 0) is 42.8 Å². The molecule has 0 aliphatic carbocycles. The molecule has 0 spiro atoms. The molecule has 1 atom stereocenters. The molecule has 3 aromatic carbocycles. The van der Waals surface area contributed by atoms with Crippen LogP contribution in [-0.2, 0) is 5.72 Å². The quantitative estimate of drug-likeness (QED) is 0.419. The van der Waals surface area contributed by atoms with E-state index >= 15 is 0 Å². The molecule has 0 saturated heterocycles. The molecule has 0 radical (unpaired) electrons. The van der Waals surface area contributed by atoms with Crippen LogP contribution in [-0.4, -0.2) is 39.2 Å². The van der Waals surface area contributed by atoms with Crippen LogP contribution < -0.4 is 9.80 Å². The zero-order valence-corrected chi connectivity index (χ0v) is 18.6. The largest absolute Gasteiger partial charge is 0.465 e. The predicted molar refractivity (Wildman–Crippen MR) is 127 cm³/mol. The van der Waals surface area contributed by atoms with Gasteiger partial charge in [0.25, 0.3) is 5.91 Å². The zero-order chi connectivity index (χ0) is 22.6. The molecule has 1 aromatic heterocycles. The third-order valence-electron chi connectivity index (χ3n) is 5.80. The lowest BCUT2D eigenvalue weighted by Gasteiger charge is -2.35. The lowest BCUT2D eigenvalue weighted by molar-refractivity contribution is 0.0704. The number of halogens is 1. The molecule has 0 fully saturated rings. The second kappa shape index (κ2) is 7.91. The van der Waals surface area contributed by atoms with E-state index in [1.807, 2.05) is 25.1 Å². The summed E-state index contributed by atoms with van der Waals surface area (Å²) in [7, 11) is 1.39. The Bertz CT molecular complexity index is 1400. The average Bonchev–Trinajstić information content (AvgIpc) is 3.30. The van der Waals surface area contributed by atoms with Gasteiger partial charge in [0.2, 0.25) is 5.95 Å². The van der Waals surface area contributed by atoms with E-state index < -0.39 is 11.8 Å². The summed E-state index contributed by atoms with van der Waals surface area (Å²) in [6.45, 7) is 1.92. The van der Waals surface area contributed by atoms with Crippen molar-refractivity contribution in [3.05, 3.63) is 89.0 Å². The summed E-state index contributed by atoms with van der Waals surface area (Å²) >= 11 is 0. The molecule has 3 N–H and O–H groups in total. The molecule has 1 aliphatic heterocycles. The van der Waals surface area contributed by atoms with Gasteiger partial charge in [0.15, 0.2) is 5.72 Å². The maximum absolute atomic E-state index is 13.4. The maximum atomic E-state index is 13.4. The number of nitrogens with zero attached hydrogens (tertiary/aromatic N) is 3. The number of aryl methyl sites for hydroxylation is 1. The highest BCUT2D eigenvalue weighted by atomic mass is 35.5. The van der Waals surface area contributed by atoms with E-state index in [9.17, 15) is 19.8 Å². The van der Waals surface area contributed by atoms with Crippen molar-refractivity contribution in [1.82, 2.24) is 9.97 Å². The topological polar surface area (TPSA) is 110 Å². The number of carboxylic acid groups (broad SMARTS) is 1. The molecule has 0 bridgehead atoms. The minimum atomic E-state index is -1.75. The van der Waals surface area contributed by atoms with E-state index in [0.29, 0.717) is 33.4 Å². The number of amides is 2. The van der Waals surface area contributed by atoms with Gasteiger partial charge in [-0.25, -0.2) is 9.78 Å². The van der Waals surface area contributed by atoms with Crippen LogP contribution in [0, 0.1) is 6.92 Å². The summed E-state index contributed by atoms with van der Waals surface area (Å²) in [6.07, 6.45) is -1.15. The standard InChI is InChI=1S/C24H20N4O4.ClH/c1-14-6-5-7-16(12-14)28-21(29)17-8-3-4-9-18(17)24(28,32)15-10-11-19-20(13-15)26-22(25-19)27(2)23(30)31;/h3-13,32H,1-2H3,(H,25,26)(H,30,31);1H. The molecular formula is C24H21ClN4O4. The first-order chi connectivity index (χ1) is 15.3. The lowest BCUT2D eigenvalue weighted by Crippen LogP contribution is -2.45. The van der Waals surface area contributed by atoms with Gasteiger partial charge in [-0.3, -0.25) is 14.6 Å². The van der Waals surface area contributed by atoms with Gasteiger partial charge in [0.1, 0.15) is 0 Å². The molecule has 9 heteroatoms. The Morgan fingerprint density at radius 2 is 1.85 bits per heavy atom. The fraction of sp³-hybridized carbons (Fsp3) is 0.125. The highest BCUT2D eigenvalue weighted by molar-refractivity contribution is 6.12. The number of H-pyrrole nitrogens is 1. The van der Waals surface area contributed by atoms with E-state index in [1.165, 1.54) is 11.9 Å². The number of rotatable bonds is 3. The monoisotopic (exact) mass is 464 g/mol. The number of benzene rings is 3. The minimum Gasteiger partial charge on any atom is -0.465 e. The number of aromatic amines is 1. The van der Waals surface area contributed by atoms with Crippen molar-refractivity contribution >= 4 is 47.1 Å². The van der Waals surface area contributed by atoms with Gasteiger partial charge >= 0.3 is 6.09 Å². The molecule has 0 saturated carbocycles. The molecule has 4 aromatic rings. The maximum Gasteiger partial charge on any atom is 0.413 e. The molecule has 168 valence electrons. The number of fused-ring (bicyclic) bond motifs is 2. The Morgan fingerprint density at radius 1 is 1.09 bits per heavy atom. The molecule has 8 nitrogen and oxygen atoms in total. The summed E-state index contributed by atoms with van der Waals surface area (Å²) in [6, 6.07) is 19.5. The predicted octanol–water partition coefficient (Wildman–Crippen LogP) is 4.26. The van der Waals surface area contributed by atoms with E-state index in [4.69, 9.17) is 0 Å². The van der Waals surface area contributed by atoms with E-state index in [-0.39, 0.29) is 24.3 Å². The van der Waals surface area contributed by atoms with E-state index in [2.05, 4.69) is 9.97 Å². The van der Waals surface area contributed by atoms with Crippen LogP contribution in [0.4, 0.5) is 16.4 Å². The molecule has 1 unspecified atom stereocenters. The fourth-order valence-corrected chi connectivity index (χ4v) is 4.18. The van der Waals surface area contributed by atoms with Crippen LogP contribution in [0.1, 0.15) is 27.0 Å². The van der Waals surface area contributed by atoms with Crippen molar-refractivity contribution in [1.29, 1.82) is 0 Å². The lowest BCUT2D eigenvalue weighted by atomic mass is 9.93. The van der Waals surface area contributed by atoms with Gasteiger partial charge in [-0.1, -0.05) is 36.4 Å². The number of aliphatic hydroxyl groups is 1. The SMILES string of the molecule is Cc1cccc(N2C(=O)c3ccccc3C2(O)c2ccc3nc(N(C)C(=O)O)[nH]c3c2)c1.Cl. The van der Waals surface area contributed by atoms with Crippen LogP contribution in [0.5, 0.6) is 0 Å². The number of imidazole rings is 1. The number of aromatic nitrogens is 2. The number of hydrogen-bond acceptors (Lipinski definition) is 4. The minimum absolute atomic E-state index is 0. The Morgan fingerprint density at radius 3 is 2.58 bits per heavy atom. The summed E-state index contributed by atoms with van der Waals surface area (Å²) in [5.74, 6) is -0.139. The van der Waals surface area contributed by atoms with E-state index in [1.54, 1.807) is 48.5 Å². The summed E-state index contributed by atoms with van der Waals surface area (Å²) in [5, 5.41) is 21.4. The number of anilines is 2.